The fourth-order valence-corrected chi connectivity index (χ4v) is 4.53. The largest absolute Gasteiger partial charge is 0.501 e. The van der Waals surface area contributed by atoms with Gasteiger partial charge < -0.3 is 5.11 Å². The van der Waals surface area contributed by atoms with Crippen LogP contribution in [0.4, 0.5) is 10.1 Å². The van der Waals surface area contributed by atoms with Crippen molar-refractivity contribution >= 4 is 27.6 Å². The molecule has 0 atom stereocenters. The van der Waals surface area contributed by atoms with Crippen LogP contribution < -0.4 is 5.56 Å². The molecule has 0 unspecified atom stereocenters. The molecule has 5 aromatic rings. The first-order valence-electron chi connectivity index (χ1n) is 11.1. The smallest absolute Gasteiger partial charge is 0.376 e. The van der Waals surface area contributed by atoms with Gasteiger partial charge in [-0.05, 0) is 49.1 Å². The highest BCUT2D eigenvalue weighted by molar-refractivity contribution is 5.97. The molecule has 1 aromatic carbocycles. The quantitative estimate of drug-likeness (QED) is 0.273. The van der Waals surface area contributed by atoms with Crippen molar-refractivity contribution < 1.29 is 14.4 Å². The van der Waals surface area contributed by atoms with Crippen LogP contribution in [0, 0.1) is 29.8 Å². The number of rotatable bonds is 4. The second-order valence-electron chi connectivity index (χ2n) is 8.89. The van der Waals surface area contributed by atoms with E-state index in [1.807, 2.05) is 13.8 Å². The minimum atomic E-state index is -1.09. The van der Waals surface area contributed by atoms with Crippen molar-refractivity contribution in [3.63, 3.8) is 0 Å². The van der Waals surface area contributed by atoms with Crippen molar-refractivity contribution in [3.8, 4) is 22.7 Å². The number of H-pyrrole nitrogens is 1. The highest BCUT2D eigenvalue weighted by Crippen LogP contribution is 2.38. The highest BCUT2D eigenvalue weighted by Gasteiger charge is 2.30. The van der Waals surface area contributed by atoms with E-state index in [2.05, 4.69) is 20.2 Å². The lowest BCUT2D eigenvalue weighted by molar-refractivity contribution is -0.387. The summed E-state index contributed by atoms with van der Waals surface area (Å²) in [4.78, 5) is 33.3. The summed E-state index contributed by atoms with van der Waals surface area (Å²) in [6.45, 7) is 7.26. The van der Waals surface area contributed by atoms with Crippen LogP contribution in [0.3, 0.4) is 0 Å². The summed E-state index contributed by atoms with van der Waals surface area (Å²) in [5.74, 6) is -1.92. The van der Waals surface area contributed by atoms with Crippen molar-refractivity contribution in [1.29, 1.82) is 0 Å². The van der Waals surface area contributed by atoms with E-state index >= 15 is 4.39 Å². The number of nitrogens with zero attached hydrogens (tertiary/aromatic N) is 5. The summed E-state index contributed by atoms with van der Waals surface area (Å²) in [5.41, 5.74) is 0.851. The molecule has 0 aliphatic heterocycles. The first kappa shape index (κ1) is 23.1. The van der Waals surface area contributed by atoms with Crippen LogP contribution in [-0.2, 0) is 0 Å². The van der Waals surface area contributed by atoms with Crippen molar-refractivity contribution in [3.05, 3.63) is 79.8 Å². The number of fused-ring (bicyclic) bond motifs is 2. The van der Waals surface area contributed by atoms with Crippen molar-refractivity contribution in [2.45, 2.75) is 33.6 Å². The number of aryl methyl sites for hydroxylation is 2. The highest BCUT2D eigenvalue weighted by atomic mass is 19.1. The monoisotopic (exact) mass is 488 g/mol. The Bertz CT molecular complexity index is 1770. The second-order valence-corrected chi connectivity index (χ2v) is 8.89. The van der Waals surface area contributed by atoms with Crippen LogP contribution in [0.25, 0.3) is 38.9 Å². The van der Waals surface area contributed by atoms with Crippen LogP contribution in [0.5, 0.6) is 5.75 Å². The molecule has 2 N–H and O–H groups in total. The molecule has 4 heterocycles. The van der Waals surface area contributed by atoms with E-state index in [4.69, 9.17) is 0 Å². The maximum atomic E-state index is 15.6. The number of aromatic nitrogens is 5. The van der Waals surface area contributed by atoms with Gasteiger partial charge in [0.05, 0.1) is 33.4 Å². The average molecular weight is 488 g/mol. The Morgan fingerprint density at radius 2 is 1.92 bits per heavy atom. The zero-order valence-electron chi connectivity index (χ0n) is 19.8. The van der Waals surface area contributed by atoms with E-state index < -0.39 is 27.7 Å². The summed E-state index contributed by atoms with van der Waals surface area (Å²) in [5, 5.41) is 29.7. The SMILES string of the molecule is Cc1ccnc(C(C)C)c1-n1c(=O)c([N+](=O)[O-])c(O)c2cc(F)c(-c3c(C)ccc4[nH]ncc34)nc21. The Morgan fingerprint density at radius 1 is 1.17 bits per heavy atom. The van der Waals surface area contributed by atoms with Crippen molar-refractivity contribution in [2.75, 3.05) is 0 Å². The third-order valence-electron chi connectivity index (χ3n) is 6.23. The molecule has 0 aliphatic rings. The summed E-state index contributed by atoms with van der Waals surface area (Å²) in [6, 6.07) is 6.22. The molecule has 0 spiro atoms. The van der Waals surface area contributed by atoms with Gasteiger partial charge in [-0.25, -0.2) is 9.37 Å². The molecule has 5 rings (SSSR count). The van der Waals surface area contributed by atoms with Crippen LogP contribution in [0.15, 0.2) is 41.5 Å². The molecule has 4 aromatic heterocycles. The molecule has 11 heteroatoms. The average Bonchev–Trinajstić information content (AvgIpc) is 3.29. The predicted octanol–water partition coefficient (Wildman–Crippen LogP) is 4.82. The summed E-state index contributed by atoms with van der Waals surface area (Å²) in [7, 11) is 0. The maximum absolute atomic E-state index is 15.6. The number of hydrogen-bond donors (Lipinski definition) is 2. The van der Waals surface area contributed by atoms with Gasteiger partial charge in [-0.1, -0.05) is 19.9 Å². The third-order valence-corrected chi connectivity index (χ3v) is 6.23. The number of benzene rings is 1. The molecule has 0 aliphatic carbocycles. The van der Waals surface area contributed by atoms with Gasteiger partial charge in [0, 0.05) is 17.1 Å². The van der Waals surface area contributed by atoms with Crippen molar-refractivity contribution in [1.82, 2.24) is 24.7 Å². The number of halogens is 1. The van der Waals surface area contributed by atoms with Gasteiger partial charge in [0.1, 0.15) is 11.5 Å². The van der Waals surface area contributed by atoms with E-state index in [-0.39, 0.29) is 22.6 Å². The Balaban J connectivity index is 2.01. The molecule has 0 saturated heterocycles. The molecule has 36 heavy (non-hydrogen) atoms. The fraction of sp³-hybridized carbons (Fsp3) is 0.200. The number of aromatic amines is 1. The van der Waals surface area contributed by atoms with E-state index in [0.717, 1.165) is 10.6 Å². The van der Waals surface area contributed by atoms with E-state index in [1.54, 1.807) is 44.4 Å². The molecule has 0 bridgehead atoms. The van der Waals surface area contributed by atoms with Gasteiger partial charge in [-0.15, -0.1) is 0 Å². The first-order valence-corrected chi connectivity index (χ1v) is 11.1. The summed E-state index contributed by atoms with van der Waals surface area (Å²) in [6.07, 6.45) is 3.13. The lowest BCUT2D eigenvalue weighted by Crippen LogP contribution is -2.25. The lowest BCUT2D eigenvalue weighted by atomic mass is 9.99. The van der Waals surface area contributed by atoms with E-state index in [0.29, 0.717) is 39.0 Å². The normalized spacial score (nSPS) is 11.6. The molecule has 0 saturated carbocycles. The topological polar surface area (TPSA) is 140 Å². The lowest BCUT2D eigenvalue weighted by Gasteiger charge is -2.19. The Kier molecular flexibility index (Phi) is 5.27. The van der Waals surface area contributed by atoms with Crippen molar-refractivity contribution in [2.24, 2.45) is 0 Å². The van der Waals surface area contributed by atoms with Gasteiger partial charge in [0.2, 0.25) is 5.75 Å². The maximum Gasteiger partial charge on any atom is 0.376 e. The number of nitrogens with one attached hydrogen (secondary N) is 1. The number of hydrogen-bond acceptors (Lipinski definition) is 7. The Morgan fingerprint density at radius 3 is 2.61 bits per heavy atom. The van der Waals surface area contributed by atoms with Gasteiger partial charge >= 0.3 is 11.2 Å². The van der Waals surface area contributed by atoms with Gasteiger partial charge in [0.25, 0.3) is 0 Å². The molecule has 0 fully saturated rings. The Hall–Kier alpha value is -4.67. The van der Waals surface area contributed by atoms with Gasteiger partial charge in [-0.3, -0.25) is 29.6 Å². The molecular weight excluding hydrogens is 467 g/mol. The molecule has 0 radical (unpaired) electrons. The number of pyridine rings is 3. The van der Waals surface area contributed by atoms with Gasteiger partial charge in [-0.2, -0.15) is 5.10 Å². The van der Waals surface area contributed by atoms with Gasteiger partial charge in [0.15, 0.2) is 5.65 Å². The van der Waals surface area contributed by atoms with Crippen LogP contribution >= 0.6 is 0 Å². The minimum Gasteiger partial charge on any atom is -0.501 e. The Labute approximate surface area is 203 Å². The van der Waals surface area contributed by atoms with E-state index in [9.17, 15) is 20.0 Å². The molecule has 0 amide bonds. The zero-order valence-corrected chi connectivity index (χ0v) is 19.8. The van der Waals surface area contributed by atoms with Crippen LogP contribution in [0.1, 0.15) is 36.6 Å². The van der Waals surface area contributed by atoms with E-state index in [1.165, 1.54) is 0 Å². The molecular formula is C25H21FN6O4. The number of aromatic hydroxyl groups is 1. The predicted molar refractivity (Wildman–Crippen MR) is 132 cm³/mol. The summed E-state index contributed by atoms with van der Waals surface area (Å²) < 4.78 is 16.6. The standard InChI is InChI=1S/C25H21FN6O4/c1-11(2)19-21(13(4)7-8-27-19)31-24-14(23(33)22(25(31)34)32(35)36)9-16(26)20(29-24)18-12(3)5-6-17-15(18)10-28-30-17/h5-11,33H,1-4H3,(H,28,30). The second kappa shape index (κ2) is 8.22. The summed E-state index contributed by atoms with van der Waals surface area (Å²) >= 11 is 0. The molecule has 182 valence electrons. The zero-order chi connectivity index (χ0) is 25.9. The van der Waals surface area contributed by atoms with Crippen LogP contribution in [0.2, 0.25) is 0 Å². The van der Waals surface area contributed by atoms with Crippen LogP contribution in [-0.4, -0.2) is 34.8 Å². The molecule has 10 nitrogen and oxygen atoms in total. The number of nitro groups is 1. The first-order chi connectivity index (χ1) is 17.1. The fourth-order valence-electron chi connectivity index (χ4n) is 4.53. The third kappa shape index (κ3) is 3.31. The minimum absolute atomic E-state index is 0.0824.